The van der Waals surface area contributed by atoms with Gasteiger partial charge in [0.15, 0.2) is 11.1 Å². The van der Waals surface area contributed by atoms with Crippen LogP contribution in [0, 0.1) is 11.8 Å². The molecule has 0 aromatic heterocycles. The van der Waals surface area contributed by atoms with Crippen LogP contribution in [-0.4, -0.2) is 50.6 Å². The number of nitrogens with one attached hydrogen (secondary N) is 1. The molecule has 9 heteroatoms. The minimum atomic E-state index is -2.15. The standard InChI is InChI=1S/C12H23NO7S/c1-7(2)10(15)19-11(8(3)4)20-12(16)13-5-9(14)6-21(17)18/h7-9,11,14H,5-6H2,1-4H3,(H,13,16)(H,17,18)/t9-,11+/m1/s1. The van der Waals surface area contributed by atoms with Crippen molar-refractivity contribution in [3.63, 3.8) is 0 Å². The number of esters is 1. The van der Waals surface area contributed by atoms with Crippen molar-refractivity contribution in [1.29, 1.82) is 0 Å². The number of carbonyl (C=O) groups excluding carboxylic acids is 2. The number of carbonyl (C=O) groups is 2. The van der Waals surface area contributed by atoms with E-state index in [0.717, 1.165) is 0 Å². The Morgan fingerprint density at radius 2 is 1.76 bits per heavy atom. The molecular formula is C12H23NO7S. The predicted molar refractivity (Wildman–Crippen MR) is 75.7 cm³/mol. The molecule has 21 heavy (non-hydrogen) atoms. The van der Waals surface area contributed by atoms with Crippen molar-refractivity contribution in [3.8, 4) is 0 Å². The Hall–Kier alpha value is -1.19. The van der Waals surface area contributed by atoms with Crippen LogP contribution in [0.3, 0.4) is 0 Å². The molecule has 0 aliphatic carbocycles. The van der Waals surface area contributed by atoms with E-state index < -0.39 is 35.5 Å². The van der Waals surface area contributed by atoms with Gasteiger partial charge in [-0.15, -0.1) is 0 Å². The maximum absolute atomic E-state index is 11.5. The zero-order valence-corrected chi connectivity index (χ0v) is 13.4. The number of rotatable bonds is 8. The fraction of sp³-hybridized carbons (Fsp3) is 0.833. The molecule has 1 amide bonds. The number of alkyl carbamates (subject to hydrolysis) is 1. The van der Waals surface area contributed by atoms with E-state index in [9.17, 15) is 18.9 Å². The molecule has 0 bridgehead atoms. The Kier molecular flexibility index (Phi) is 9.14. The van der Waals surface area contributed by atoms with Crippen LogP contribution < -0.4 is 5.32 Å². The van der Waals surface area contributed by atoms with E-state index in [1.165, 1.54) is 0 Å². The van der Waals surface area contributed by atoms with E-state index in [-0.39, 0.29) is 24.1 Å². The Balaban J connectivity index is 4.29. The smallest absolute Gasteiger partial charge is 0.410 e. The van der Waals surface area contributed by atoms with Crippen LogP contribution in [0.1, 0.15) is 27.7 Å². The van der Waals surface area contributed by atoms with E-state index in [1.807, 2.05) is 0 Å². The van der Waals surface area contributed by atoms with Gasteiger partial charge in [0, 0.05) is 12.5 Å². The molecule has 0 aromatic rings. The van der Waals surface area contributed by atoms with Crippen molar-refractivity contribution in [3.05, 3.63) is 0 Å². The van der Waals surface area contributed by atoms with E-state index in [2.05, 4.69) is 5.32 Å². The first-order valence-electron chi connectivity index (χ1n) is 6.54. The van der Waals surface area contributed by atoms with Crippen LogP contribution >= 0.6 is 0 Å². The SMILES string of the molecule is CC(C)C(=O)O[C@@H](OC(=O)NC[C@@H](O)CS(=O)O)C(C)C. The highest BCUT2D eigenvalue weighted by Crippen LogP contribution is 2.11. The Morgan fingerprint density at radius 3 is 2.19 bits per heavy atom. The molecule has 0 saturated carbocycles. The molecule has 0 saturated heterocycles. The quantitative estimate of drug-likeness (QED) is 0.337. The summed E-state index contributed by atoms with van der Waals surface area (Å²) in [4.78, 5) is 23.0. The number of amides is 1. The third-order valence-electron chi connectivity index (χ3n) is 2.29. The van der Waals surface area contributed by atoms with Gasteiger partial charge in [-0.2, -0.15) is 0 Å². The lowest BCUT2D eigenvalue weighted by molar-refractivity contribution is -0.178. The molecular weight excluding hydrogens is 302 g/mol. The second-order valence-electron chi connectivity index (χ2n) is 5.13. The van der Waals surface area contributed by atoms with Crippen molar-refractivity contribution in [2.45, 2.75) is 40.1 Å². The van der Waals surface area contributed by atoms with Gasteiger partial charge in [-0.1, -0.05) is 27.7 Å². The van der Waals surface area contributed by atoms with Gasteiger partial charge in [0.25, 0.3) is 6.29 Å². The number of ether oxygens (including phenoxy) is 2. The van der Waals surface area contributed by atoms with Crippen molar-refractivity contribution in [1.82, 2.24) is 5.32 Å². The summed E-state index contributed by atoms with van der Waals surface area (Å²) in [5.74, 6) is -1.46. The van der Waals surface area contributed by atoms with Crippen LogP contribution in [0.25, 0.3) is 0 Å². The van der Waals surface area contributed by atoms with Gasteiger partial charge in [0.05, 0.1) is 17.8 Å². The molecule has 124 valence electrons. The molecule has 8 nitrogen and oxygen atoms in total. The Bertz CT molecular complexity index is 373. The average Bonchev–Trinajstić information content (AvgIpc) is 2.34. The van der Waals surface area contributed by atoms with Gasteiger partial charge in [-0.3, -0.25) is 4.79 Å². The summed E-state index contributed by atoms with van der Waals surface area (Å²) in [6.45, 7) is 6.51. The van der Waals surface area contributed by atoms with E-state index in [1.54, 1.807) is 27.7 Å². The predicted octanol–water partition coefficient (Wildman–Crippen LogP) is 0.476. The van der Waals surface area contributed by atoms with Gasteiger partial charge < -0.3 is 24.4 Å². The van der Waals surface area contributed by atoms with Gasteiger partial charge in [-0.25, -0.2) is 9.00 Å². The van der Waals surface area contributed by atoms with Gasteiger partial charge in [0.2, 0.25) is 0 Å². The first-order valence-corrected chi connectivity index (χ1v) is 7.81. The van der Waals surface area contributed by atoms with Crippen molar-refractivity contribution in [2.24, 2.45) is 11.8 Å². The lowest BCUT2D eigenvalue weighted by atomic mass is 10.2. The summed E-state index contributed by atoms with van der Waals surface area (Å²) in [6.07, 6.45) is -3.09. The molecule has 1 unspecified atom stereocenters. The molecule has 0 spiro atoms. The summed E-state index contributed by atoms with van der Waals surface area (Å²) in [6, 6.07) is 0. The molecule has 0 fully saturated rings. The maximum atomic E-state index is 11.5. The normalized spacial score (nSPS) is 15.4. The van der Waals surface area contributed by atoms with Crippen molar-refractivity contribution < 1.29 is 32.9 Å². The molecule has 0 aliphatic rings. The third-order valence-corrected chi connectivity index (χ3v) is 2.96. The first kappa shape index (κ1) is 19.8. The maximum Gasteiger partial charge on any atom is 0.410 e. The van der Waals surface area contributed by atoms with E-state index >= 15 is 0 Å². The summed E-state index contributed by atoms with van der Waals surface area (Å²) in [5.41, 5.74) is 0. The minimum Gasteiger partial charge on any atom is -0.425 e. The Labute approximate surface area is 126 Å². The highest BCUT2D eigenvalue weighted by Gasteiger charge is 2.24. The largest absolute Gasteiger partial charge is 0.425 e. The molecule has 0 heterocycles. The molecule has 0 radical (unpaired) electrons. The van der Waals surface area contributed by atoms with Crippen LogP contribution in [-0.2, 0) is 25.3 Å². The molecule has 0 rings (SSSR count). The van der Waals surface area contributed by atoms with E-state index in [4.69, 9.17) is 14.0 Å². The third kappa shape index (κ3) is 9.38. The lowest BCUT2D eigenvalue weighted by Gasteiger charge is -2.22. The fourth-order valence-electron chi connectivity index (χ4n) is 1.12. The van der Waals surface area contributed by atoms with E-state index in [0.29, 0.717) is 0 Å². The first-order chi connectivity index (χ1) is 9.63. The summed E-state index contributed by atoms with van der Waals surface area (Å²) >= 11 is -2.15. The average molecular weight is 325 g/mol. The monoisotopic (exact) mass is 325 g/mol. The Morgan fingerprint density at radius 1 is 1.19 bits per heavy atom. The lowest BCUT2D eigenvalue weighted by Crippen LogP contribution is -2.39. The second-order valence-corrected chi connectivity index (χ2v) is 6.11. The summed E-state index contributed by atoms with van der Waals surface area (Å²) in [5, 5.41) is 11.5. The number of aliphatic hydroxyl groups excluding tert-OH is 1. The molecule has 3 N–H and O–H groups in total. The number of hydrogen-bond donors (Lipinski definition) is 3. The highest BCUT2D eigenvalue weighted by atomic mass is 32.2. The highest BCUT2D eigenvalue weighted by molar-refractivity contribution is 7.79. The van der Waals surface area contributed by atoms with Crippen LogP contribution in [0.15, 0.2) is 0 Å². The van der Waals surface area contributed by atoms with Gasteiger partial charge in [0.1, 0.15) is 0 Å². The zero-order chi connectivity index (χ0) is 16.6. The topological polar surface area (TPSA) is 122 Å². The molecule has 3 atom stereocenters. The zero-order valence-electron chi connectivity index (χ0n) is 12.6. The molecule has 0 aliphatic heterocycles. The van der Waals surface area contributed by atoms with Gasteiger partial charge in [-0.05, 0) is 0 Å². The van der Waals surface area contributed by atoms with Gasteiger partial charge >= 0.3 is 12.1 Å². The number of aliphatic hydroxyl groups is 1. The molecule has 0 aromatic carbocycles. The van der Waals surface area contributed by atoms with Crippen LogP contribution in [0.5, 0.6) is 0 Å². The second kappa shape index (κ2) is 9.69. The summed E-state index contributed by atoms with van der Waals surface area (Å²) in [7, 11) is 0. The van der Waals surface area contributed by atoms with Crippen molar-refractivity contribution >= 4 is 23.1 Å². The number of hydrogen-bond acceptors (Lipinski definition) is 6. The summed E-state index contributed by atoms with van der Waals surface area (Å²) < 4.78 is 29.0. The minimum absolute atomic E-state index is 0.242. The van der Waals surface area contributed by atoms with Crippen molar-refractivity contribution in [2.75, 3.05) is 12.3 Å². The van der Waals surface area contributed by atoms with Crippen LogP contribution in [0.2, 0.25) is 0 Å². The van der Waals surface area contributed by atoms with Crippen LogP contribution in [0.4, 0.5) is 4.79 Å². The fourth-order valence-corrected chi connectivity index (χ4v) is 1.57.